The number of fused-ring (bicyclic) bond motifs is 1. The maximum absolute atomic E-state index is 12.3. The highest BCUT2D eigenvalue weighted by molar-refractivity contribution is 5.86. The Bertz CT molecular complexity index is 441. The average Bonchev–Trinajstić information content (AvgIpc) is 2.93. The van der Waals surface area contributed by atoms with Crippen LogP contribution in [0.3, 0.4) is 0 Å². The highest BCUT2D eigenvalue weighted by atomic mass is 16.6. The van der Waals surface area contributed by atoms with Gasteiger partial charge in [0.05, 0.1) is 12.0 Å². The van der Waals surface area contributed by atoms with Crippen molar-refractivity contribution in [2.24, 2.45) is 5.41 Å². The summed E-state index contributed by atoms with van der Waals surface area (Å²) in [5.41, 5.74) is -1.22. The Kier molecular flexibility index (Phi) is 3.52. The Morgan fingerprint density at radius 2 is 2.00 bits per heavy atom. The van der Waals surface area contributed by atoms with Gasteiger partial charge in [-0.2, -0.15) is 0 Å². The molecule has 112 valence electrons. The van der Waals surface area contributed by atoms with Crippen LogP contribution in [-0.4, -0.2) is 47.5 Å². The van der Waals surface area contributed by atoms with Crippen molar-refractivity contribution in [3.05, 3.63) is 0 Å². The van der Waals surface area contributed by atoms with Crippen LogP contribution in [0.4, 0.5) is 4.79 Å². The molecule has 0 spiro atoms. The fourth-order valence-electron chi connectivity index (χ4n) is 2.75. The standard InChI is InChI=1S/C14H21NO5/c1-5-19-11(17)9-6-14(8-16)7-10(14)15(9)12(18)20-13(2,3)4/h8-10H,5-7H2,1-4H3/t9-,10?,14-/m0/s1. The molecule has 1 amide bonds. The summed E-state index contributed by atoms with van der Waals surface area (Å²) in [5.74, 6) is -0.466. The van der Waals surface area contributed by atoms with E-state index in [4.69, 9.17) is 9.47 Å². The molecule has 0 bridgehead atoms. The zero-order valence-corrected chi connectivity index (χ0v) is 12.3. The predicted molar refractivity (Wildman–Crippen MR) is 70.0 cm³/mol. The summed E-state index contributed by atoms with van der Waals surface area (Å²) in [6, 6.07) is -0.946. The van der Waals surface area contributed by atoms with Crippen molar-refractivity contribution in [2.45, 2.75) is 58.2 Å². The lowest BCUT2D eigenvalue weighted by molar-refractivity contribution is -0.149. The summed E-state index contributed by atoms with van der Waals surface area (Å²) >= 11 is 0. The minimum absolute atomic E-state index is 0.232. The molecule has 2 aliphatic rings. The average molecular weight is 283 g/mol. The summed E-state index contributed by atoms with van der Waals surface area (Å²) in [6.07, 6.45) is 1.24. The molecule has 0 aromatic carbocycles. The number of ether oxygens (including phenoxy) is 2. The SMILES string of the molecule is CCOC(=O)[C@@H]1C[C@@]2(C=O)CC2N1C(=O)OC(C)(C)C. The zero-order valence-electron chi connectivity index (χ0n) is 12.3. The quantitative estimate of drug-likeness (QED) is 0.580. The van der Waals surface area contributed by atoms with Gasteiger partial charge in [-0.1, -0.05) is 0 Å². The maximum Gasteiger partial charge on any atom is 0.411 e. The van der Waals surface area contributed by atoms with E-state index in [1.165, 1.54) is 4.90 Å². The van der Waals surface area contributed by atoms with Gasteiger partial charge in [0, 0.05) is 6.04 Å². The number of hydrogen-bond donors (Lipinski definition) is 0. The molecule has 3 atom stereocenters. The van der Waals surface area contributed by atoms with E-state index in [2.05, 4.69) is 0 Å². The van der Waals surface area contributed by atoms with E-state index in [9.17, 15) is 14.4 Å². The van der Waals surface area contributed by atoms with E-state index in [1.54, 1.807) is 27.7 Å². The minimum Gasteiger partial charge on any atom is -0.464 e. The van der Waals surface area contributed by atoms with Gasteiger partial charge in [-0.15, -0.1) is 0 Å². The van der Waals surface area contributed by atoms with Crippen LogP contribution in [0.1, 0.15) is 40.5 Å². The number of hydrogen-bond acceptors (Lipinski definition) is 5. The van der Waals surface area contributed by atoms with Crippen LogP contribution < -0.4 is 0 Å². The van der Waals surface area contributed by atoms with Crippen molar-refractivity contribution in [3.63, 3.8) is 0 Å². The van der Waals surface area contributed by atoms with Crippen LogP contribution in [0.2, 0.25) is 0 Å². The zero-order chi connectivity index (χ0) is 15.1. The first-order chi connectivity index (χ1) is 9.24. The number of likely N-dealkylation sites (tertiary alicyclic amines) is 1. The fraction of sp³-hybridized carbons (Fsp3) is 0.786. The second-order valence-corrected chi connectivity index (χ2v) is 6.43. The van der Waals surface area contributed by atoms with Crippen molar-refractivity contribution in [1.82, 2.24) is 4.90 Å². The van der Waals surface area contributed by atoms with Gasteiger partial charge in [0.15, 0.2) is 0 Å². The van der Waals surface area contributed by atoms with Crippen molar-refractivity contribution in [2.75, 3.05) is 6.61 Å². The second kappa shape index (κ2) is 4.75. The number of carbonyl (C=O) groups excluding carboxylic acids is 3. The molecule has 1 aliphatic heterocycles. The topological polar surface area (TPSA) is 72.9 Å². The molecule has 1 heterocycles. The molecule has 0 N–H and O–H groups in total. The highest BCUT2D eigenvalue weighted by Crippen LogP contribution is 2.58. The molecular weight excluding hydrogens is 262 g/mol. The lowest BCUT2D eigenvalue weighted by Gasteiger charge is -2.29. The molecule has 2 fully saturated rings. The van der Waals surface area contributed by atoms with Gasteiger partial charge in [-0.25, -0.2) is 9.59 Å². The van der Waals surface area contributed by atoms with Gasteiger partial charge in [0.25, 0.3) is 0 Å². The predicted octanol–water partition coefficient (Wildman–Crippen LogP) is 1.52. The largest absolute Gasteiger partial charge is 0.464 e. The van der Waals surface area contributed by atoms with E-state index >= 15 is 0 Å². The van der Waals surface area contributed by atoms with Crippen LogP contribution in [0.25, 0.3) is 0 Å². The molecule has 0 aromatic heterocycles. The van der Waals surface area contributed by atoms with Crippen molar-refractivity contribution in [3.8, 4) is 0 Å². The van der Waals surface area contributed by atoms with Gasteiger partial charge >= 0.3 is 12.1 Å². The normalized spacial score (nSPS) is 31.5. The Hall–Kier alpha value is -1.59. The third kappa shape index (κ3) is 2.51. The van der Waals surface area contributed by atoms with Crippen LogP contribution in [0.15, 0.2) is 0 Å². The van der Waals surface area contributed by atoms with Gasteiger partial charge in [0.2, 0.25) is 0 Å². The molecule has 1 saturated carbocycles. The minimum atomic E-state index is -0.714. The number of rotatable bonds is 3. The highest BCUT2D eigenvalue weighted by Gasteiger charge is 2.68. The molecule has 6 heteroatoms. The molecule has 0 aromatic rings. The van der Waals surface area contributed by atoms with E-state index in [1.807, 2.05) is 0 Å². The Labute approximate surface area is 118 Å². The summed E-state index contributed by atoms with van der Waals surface area (Å²) in [4.78, 5) is 36.8. The Morgan fingerprint density at radius 3 is 2.50 bits per heavy atom. The van der Waals surface area contributed by atoms with Crippen molar-refractivity contribution >= 4 is 18.3 Å². The molecule has 1 aliphatic carbocycles. The van der Waals surface area contributed by atoms with Crippen molar-refractivity contribution in [1.29, 1.82) is 0 Å². The molecule has 1 unspecified atom stereocenters. The number of esters is 1. The molecule has 20 heavy (non-hydrogen) atoms. The Balaban J connectivity index is 2.17. The van der Waals surface area contributed by atoms with Gasteiger partial charge in [-0.05, 0) is 40.5 Å². The van der Waals surface area contributed by atoms with Crippen LogP contribution in [-0.2, 0) is 19.1 Å². The molecular formula is C14H21NO5. The molecule has 1 saturated heterocycles. The van der Waals surface area contributed by atoms with Crippen LogP contribution in [0.5, 0.6) is 0 Å². The third-order valence-corrected chi connectivity index (χ3v) is 3.72. The number of piperidine rings is 1. The third-order valence-electron chi connectivity index (χ3n) is 3.72. The summed E-state index contributed by atoms with van der Waals surface area (Å²) in [5, 5.41) is 0. The van der Waals surface area contributed by atoms with Crippen LogP contribution >= 0.6 is 0 Å². The first-order valence-electron chi connectivity index (χ1n) is 6.88. The fourth-order valence-corrected chi connectivity index (χ4v) is 2.75. The molecule has 2 rings (SSSR count). The van der Waals surface area contributed by atoms with Crippen LogP contribution in [0, 0.1) is 5.41 Å². The van der Waals surface area contributed by atoms with Gasteiger partial charge in [0.1, 0.15) is 17.9 Å². The summed E-state index contributed by atoms with van der Waals surface area (Å²) < 4.78 is 10.3. The second-order valence-electron chi connectivity index (χ2n) is 6.43. The number of nitrogens with zero attached hydrogens (tertiary/aromatic N) is 1. The molecule has 0 radical (unpaired) electrons. The monoisotopic (exact) mass is 283 g/mol. The first-order valence-corrected chi connectivity index (χ1v) is 6.88. The number of carbonyl (C=O) groups is 3. The van der Waals surface area contributed by atoms with E-state index in [0.29, 0.717) is 12.8 Å². The summed E-state index contributed by atoms with van der Waals surface area (Å²) in [6.45, 7) is 7.25. The van der Waals surface area contributed by atoms with E-state index < -0.39 is 29.1 Å². The lowest BCUT2D eigenvalue weighted by Crippen LogP contribution is -2.46. The maximum atomic E-state index is 12.3. The van der Waals surface area contributed by atoms with E-state index in [-0.39, 0.29) is 12.6 Å². The first kappa shape index (κ1) is 14.8. The number of amides is 1. The number of aldehydes is 1. The van der Waals surface area contributed by atoms with Crippen molar-refractivity contribution < 1.29 is 23.9 Å². The van der Waals surface area contributed by atoms with Gasteiger partial charge < -0.3 is 14.3 Å². The Morgan fingerprint density at radius 1 is 1.35 bits per heavy atom. The lowest BCUT2D eigenvalue weighted by atomic mass is 10.0. The summed E-state index contributed by atoms with van der Waals surface area (Å²) in [7, 11) is 0. The van der Waals surface area contributed by atoms with E-state index in [0.717, 1.165) is 6.29 Å². The van der Waals surface area contributed by atoms with Gasteiger partial charge in [-0.3, -0.25) is 4.90 Å². The molecule has 6 nitrogen and oxygen atoms in total. The smallest absolute Gasteiger partial charge is 0.411 e.